The van der Waals surface area contributed by atoms with E-state index in [0.717, 1.165) is 30.2 Å². The monoisotopic (exact) mass is 627 g/mol. The second kappa shape index (κ2) is 14.9. The molecule has 0 saturated carbocycles. The molecule has 0 aliphatic carbocycles. The van der Waals surface area contributed by atoms with Crippen LogP contribution in [0.3, 0.4) is 0 Å². The first-order chi connectivity index (χ1) is 21.1. The number of nitrogens with zero attached hydrogens (tertiary/aromatic N) is 1. The maximum absolute atomic E-state index is 6.97. The Kier molecular flexibility index (Phi) is 11.0. The smallest absolute Gasteiger partial charge is 0.203 e. The first-order valence-electron chi connectivity index (χ1n) is 14.4. The van der Waals surface area contributed by atoms with Gasteiger partial charge in [-0.1, -0.05) is 30.3 Å². The van der Waals surface area contributed by atoms with E-state index in [2.05, 4.69) is 53.4 Å². The van der Waals surface area contributed by atoms with Gasteiger partial charge in [0.15, 0.2) is 11.5 Å². The fraction of sp³-hybridized carbons (Fsp3) is 0.455. The van der Waals surface area contributed by atoms with Gasteiger partial charge in [0.25, 0.3) is 0 Å². The van der Waals surface area contributed by atoms with Crippen LogP contribution in [0.25, 0.3) is 0 Å². The van der Waals surface area contributed by atoms with Gasteiger partial charge in [-0.25, -0.2) is 0 Å². The van der Waals surface area contributed by atoms with E-state index >= 15 is 0 Å². The van der Waals surface area contributed by atoms with E-state index in [0.29, 0.717) is 37.1 Å². The van der Waals surface area contributed by atoms with Crippen molar-refractivity contribution in [1.29, 1.82) is 0 Å². The minimum atomic E-state index is -0.622. The first kappa shape index (κ1) is 31.8. The number of morpholine rings is 1. The molecule has 2 aliphatic rings. The largest absolute Gasteiger partial charge is 0.497 e. The van der Waals surface area contributed by atoms with Crippen LogP contribution in [0.15, 0.2) is 71.6 Å². The van der Waals surface area contributed by atoms with Crippen molar-refractivity contribution in [2.24, 2.45) is 0 Å². The van der Waals surface area contributed by atoms with Crippen LogP contribution in [0.2, 0.25) is 0 Å². The molecule has 0 spiro atoms. The van der Waals surface area contributed by atoms with E-state index < -0.39 is 4.87 Å². The highest BCUT2D eigenvalue weighted by molar-refractivity contribution is 8.00. The van der Waals surface area contributed by atoms with Crippen LogP contribution in [-0.4, -0.2) is 91.3 Å². The van der Waals surface area contributed by atoms with Gasteiger partial charge in [-0.2, -0.15) is 0 Å². The number of rotatable bonds is 13. The van der Waals surface area contributed by atoms with Crippen LogP contribution in [0, 0.1) is 0 Å². The predicted molar refractivity (Wildman–Crippen MR) is 171 cm³/mol. The fourth-order valence-corrected chi connectivity index (χ4v) is 8.66. The summed E-state index contributed by atoms with van der Waals surface area (Å²) in [4.78, 5) is 3.03. The Morgan fingerprint density at radius 2 is 1.53 bits per heavy atom. The van der Waals surface area contributed by atoms with Crippen molar-refractivity contribution in [2.75, 3.05) is 74.2 Å². The van der Waals surface area contributed by atoms with Gasteiger partial charge in [0.2, 0.25) is 5.75 Å². The lowest BCUT2D eigenvalue weighted by molar-refractivity contribution is -0.109. The molecule has 5 rings (SSSR count). The molecule has 0 aromatic heterocycles. The molecule has 3 aromatic rings. The van der Waals surface area contributed by atoms with Crippen molar-refractivity contribution in [2.45, 2.75) is 27.2 Å². The molecule has 43 heavy (non-hydrogen) atoms. The lowest BCUT2D eigenvalue weighted by Crippen LogP contribution is -2.56. The summed E-state index contributed by atoms with van der Waals surface area (Å²) >= 11 is 3.63. The topological polar surface area (TPSA) is 67.9 Å². The summed E-state index contributed by atoms with van der Waals surface area (Å²) in [6, 6.07) is 22.8. The van der Waals surface area contributed by atoms with Gasteiger partial charge in [0.05, 0.1) is 53.5 Å². The van der Waals surface area contributed by atoms with Crippen molar-refractivity contribution in [1.82, 2.24) is 4.90 Å². The first-order valence-corrected chi connectivity index (χ1v) is 16.2. The molecule has 232 valence electrons. The minimum absolute atomic E-state index is 0.0207. The predicted octanol–water partition coefficient (Wildman–Crippen LogP) is 5.89. The third-order valence-corrected chi connectivity index (χ3v) is 10.8. The van der Waals surface area contributed by atoms with Gasteiger partial charge in [0.1, 0.15) is 22.8 Å². The van der Waals surface area contributed by atoms with Crippen LogP contribution in [0.1, 0.15) is 16.4 Å². The Morgan fingerprint density at radius 1 is 0.860 bits per heavy atom. The number of hydrogen-bond acceptors (Lipinski definition) is 10. The Hall–Kier alpha value is -2.60. The standard InChI is InChI=1S/C33H41NO7S2/c1-35-25-11-13-26(14-12-25)42-20-19-41-32-30(39-5)31(23-9-7-6-8-10-23)43-33(32,34-15-17-40-18-16-34)24-21-27(36-2)29(38-4)28(22-24)37-3/h6-14,21-22,30-32H,15-20H2,1-5H3. The summed E-state index contributed by atoms with van der Waals surface area (Å²) in [5.74, 6) is 3.41. The molecule has 3 aromatic carbocycles. The highest BCUT2D eigenvalue weighted by atomic mass is 32.2. The van der Waals surface area contributed by atoms with Crippen molar-refractivity contribution in [3.05, 3.63) is 77.9 Å². The van der Waals surface area contributed by atoms with E-state index in [1.54, 1.807) is 47.3 Å². The summed E-state index contributed by atoms with van der Waals surface area (Å²) in [5.41, 5.74) is 2.21. The van der Waals surface area contributed by atoms with Crippen LogP contribution >= 0.6 is 23.5 Å². The Balaban J connectivity index is 1.56. The van der Waals surface area contributed by atoms with Crippen LogP contribution < -0.4 is 18.9 Å². The molecule has 0 radical (unpaired) electrons. The third-order valence-electron chi connectivity index (χ3n) is 7.96. The Morgan fingerprint density at radius 3 is 2.12 bits per heavy atom. The van der Waals surface area contributed by atoms with Gasteiger partial charge >= 0.3 is 0 Å². The van der Waals surface area contributed by atoms with Crippen molar-refractivity contribution < 1.29 is 33.2 Å². The zero-order chi connectivity index (χ0) is 30.2. The number of hydrogen-bond donors (Lipinski definition) is 0. The van der Waals surface area contributed by atoms with Crippen molar-refractivity contribution >= 4 is 23.5 Å². The molecular weight excluding hydrogens is 586 g/mol. The van der Waals surface area contributed by atoms with Gasteiger partial charge in [0, 0.05) is 30.8 Å². The molecule has 4 atom stereocenters. The highest BCUT2D eigenvalue weighted by Crippen LogP contribution is 2.62. The molecule has 0 bridgehead atoms. The van der Waals surface area contributed by atoms with E-state index in [9.17, 15) is 0 Å². The van der Waals surface area contributed by atoms with Gasteiger partial charge in [-0.15, -0.1) is 23.5 Å². The molecule has 2 aliphatic heterocycles. The van der Waals surface area contributed by atoms with Crippen LogP contribution in [0.4, 0.5) is 0 Å². The summed E-state index contributed by atoms with van der Waals surface area (Å²) in [7, 11) is 8.40. The summed E-state index contributed by atoms with van der Waals surface area (Å²) in [5, 5.41) is 0.0207. The second-order valence-corrected chi connectivity index (χ2v) is 12.7. The van der Waals surface area contributed by atoms with Crippen molar-refractivity contribution in [3.63, 3.8) is 0 Å². The number of benzene rings is 3. The molecule has 2 fully saturated rings. The number of ether oxygens (including phenoxy) is 7. The van der Waals surface area contributed by atoms with E-state index in [1.807, 2.05) is 30.0 Å². The minimum Gasteiger partial charge on any atom is -0.497 e. The average Bonchev–Trinajstić information content (AvgIpc) is 3.42. The fourth-order valence-electron chi connectivity index (χ4n) is 5.92. The molecule has 0 amide bonds. The van der Waals surface area contributed by atoms with E-state index in [1.165, 1.54) is 10.5 Å². The molecule has 8 nitrogen and oxygen atoms in total. The molecule has 2 heterocycles. The molecule has 10 heteroatoms. The zero-order valence-electron chi connectivity index (χ0n) is 25.4. The van der Waals surface area contributed by atoms with Crippen molar-refractivity contribution in [3.8, 4) is 23.0 Å². The van der Waals surface area contributed by atoms with E-state index in [4.69, 9.17) is 33.2 Å². The van der Waals surface area contributed by atoms with Gasteiger partial charge in [-0.05, 0) is 47.5 Å². The second-order valence-electron chi connectivity index (χ2n) is 10.2. The summed E-state index contributed by atoms with van der Waals surface area (Å²) in [6.07, 6.45) is -0.537. The van der Waals surface area contributed by atoms with E-state index in [-0.39, 0.29) is 17.5 Å². The maximum atomic E-state index is 6.97. The number of methoxy groups -OCH3 is 5. The normalized spacial score (nSPS) is 24.1. The SMILES string of the molecule is COc1ccc(SCCOC2C(OC)C(c3ccccc3)SC2(c2cc(OC)c(OC)c(OC)c2)N2CCOCC2)cc1. The molecule has 0 N–H and O–H groups in total. The molecule has 2 saturated heterocycles. The Bertz CT molecular complexity index is 1280. The Labute approximate surface area is 263 Å². The van der Waals surface area contributed by atoms with Gasteiger partial charge in [-0.3, -0.25) is 4.90 Å². The number of thioether (sulfide) groups is 2. The average molecular weight is 628 g/mol. The van der Waals surface area contributed by atoms with Gasteiger partial charge < -0.3 is 33.2 Å². The lowest BCUT2D eigenvalue weighted by Gasteiger charge is -2.46. The highest BCUT2D eigenvalue weighted by Gasteiger charge is 2.60. The van der Waals surface area contributed by atoms with Crippen LogP contribution in [0.5, 0.6) is 23.0 Å². The molecular formula is C33H41NO7S2. The summed E-state index contributed by atoms with van der Waals surface area (Å²) < 4.78 is 41.8. The maximum Gasteiger partial charge on any atom is 0.203 e. The lowest BCUT2D eigenvalue weighted by atomic mass is 9.91. The third kappa shape index (κ3) is 6.60. The van der Waals surface area contributed by atoms with Crippen LogP contribution in [-0.2, 0) is 19.1 Å². The quantitative estimate of drug-likeness (QED) is 0.169. The molecule has 4 unspecified atom stereocenters. The summed E-state index contributed by atoms with van der Waals surface area (Å²) in [6.45, 7) is 3.32. The zero-order valence-corrected chi connectivity index (χ0v) is 27.1.